The average Bonchev–Trinajstić information content (AvgIpc) is 2.46. The van der Waals surface area contributed by atoms with Crippen molar-refractivity contribution < 1.29 is 13.9 Å². The van der Waals surface area contributed by atoms with E-state index in [1.807, 2.05) is 0 Å². The van der Waals surface area contributed by atoms with Gasteiger partial charge >= 0.3 is 0 Å². The molecule has 110 valence electrons. The lowest BCUT2D eigenvalue weighted by atomic mass is 10.1. The molecule has 0 saturated carbocycles. The summed E-state index contributed by atoms with van der Waals surface area (Å²) in [6.45, 7) is 2.64. The van der Waals surface area contributed by atoms with E-state index in [2.05, 4.69) is 5.32 Å². The van der Waals surface area contributed by atoms with Gasteiger partial charge in [-0.3, -0.25) is 4.79 Å². The number of nitrogens with one attached hydrogen (secondary N) is 1. The highest BCUT2D eigenvalue weighted by atomic mass is 19.1. The van der Waals surface area contributed by atoms with Crippen LogP contribution < -0.4 is 15.8 Å². The van der Waals surface area contributed by atoms with E-state index in [0.717, 1.165) is 5.56 Å². The van der Waals surface area contributed by atoms with E-state index >= 15 is 0 Å². The highest BCUT2D eigenvalue weighted by Gasteiger charge is 2.11. The van der Waals surface area contributed by atoms with E-state index in [9.17, 15) is 9.18 Å². The molecule has 21 heavy (non-hydrogen) atoms. The molecule has 0 spiro atoms. The minimum atomic E-state index is -0.532. The van der Waals surface area contributed by atoms with Crippen molar-refractivity contribution in [2.45, 2.75) is 6.92 Å². The number of carbonyl (C=O) groups excluding carboxylic acids is 1. The van der Waals surface area contributed by atoms with Gasteiger partial charge in [0.05, 0.1) is 5.56 Å². The number of ether oxygens (including phenoxy) is 1. The molecular formula is C16H17FN2O2. The van der Waals surface area contributed by atoms with E-state index < -0.39 is 11.7 Å². The van der Waals surface area contributed by atoms with Crippen LogP contribution in [0.15, 0.2) is 42.5 Å². The van der Waals surface area contributed by atoms with Gasteiger partial charge in [0.15, 0.2) is 0 Å². The molecule has 0 aliphatic heterocycles. The third-order valence-electron chi connectivity index (χ3n) is 2.87. The van der Waals surface area contributed by atoms with Gasteiger partial charge in [-0.2, -0.15) is 0 Å². The summed E-state index contributed by atoms with van der Waals surface area (Å²) in [7, 11) is 0. The van der Waals surface area contributed by atoms with Crippen LogP contribution in [-0.2, 0) is 0 Å². The van der Waals surface area contributed by atoms with Crippen LogP contribution in [0.5, 0.6) is 5.75 Å². The van der Waals surface area contributed by atoms with Crippen molar-refractivity contribution in [3.8, 4) is 5.75 Å². The van der Waals surface area contributed by atoms with Crippen LogP contribution in [0.3, 0.4) is 0 Å². The van der Waals surface area contributed by atoms with Crippen LogP contribution >= 0.6 is 0 Å². The molecule has 0 aliphatic rings. The molecule has 1 amide bonds. The van der Waals surface area contributed by atoms with Crippen molar-refractivity contribution in [2.75, 3.05) is 18.5 Å². The van der Waals surface area contributed by atoms with Crippen molar-refractivity contribution in [3.63, 3.8) is 0 Å². The maximum atomic E-state index is 13.7. The fourth-order valence-electron chi connectivity index (χ4n) is 1.81. The molecule has 4 nitrogen and oxygen atoms in total. The Bertz CT molecular complexity index is 627. The minimum absolute atomic E-state index is 0.0176. The highest BCUT2D eigenvalue weighted by Crippen LogP contribution is 2.17. The lowest BCUT2D eigenvalue weighted by molar-refractivity contribution is 0.102. The fourth-order valence-corrected chi connectivity index (χ4v) is 1.81. The number of amides is 1. The highest BCUT2D eigenvalue weighted by molar-refractivity contribution is 6.04. The minimum Gasteiger partial charge on any atom is -0.492 e. The number of rotatable bonds is 5. The summed E-state index contributed by atoms with van der Waals surface area (Å²) in [5.74, 6) is -0.349. The van der Waals surface area contributed by atoms with Crippen LogP contribution in [0.1, 0.15) is 15.9 Å². The summed E-state index contributed by atoms with van der Waals surface area (Å²) in [5.41, 5.74) is 6.70. The lowest BCUT2D eigenvalue weighted by Gasteiger charge is -2.08. The molecule has 2 aromatic carbocycles. The topological polar surface area (TPSA) is 64.3 Å². The Morgan fingerprint density at radius 3 is 2.57 bits per heavy atom. The molecule has 2 rings (SSSR count). The van der Waals surface area contributed by atoms with Gasteiger partial charge in [-0.1, -0.05) is 6.07 Å². The van der Waals surface area contributed by atoms with Gasteiger partial charge < -0.3 is 15.8 Å². The van der Waals surface area contributed by atoms with Gasteiger partial charge in [0.25, 0.3) is 5.91 Å². The Morgan fingerprint density at radius 2 is 1.95 bits per heavy atom. The molecule has 0 aliphatic carbocycles. The Kier molecular flexibility index (Phi) is 4.90. The van der Waals surface area contributed by atoms with Gasteiger partial charge in [-0.05, 0) is 48.9 Å². The third-order valence-corrected chi connectivity index (χ3v) is 2.87. The molecule has 0 aromatic heterocycles. The monoisotopic (exact) mass is 288 g/mol. The van der Waals surface area contributed by atoms with E-state index in [4.69, 9.17) is 10.5 Å². The Morgan fingerprint density at radius 1 is 1.24 bits per heavy atom. The van der Waals surface area contributed by atoms with Gasteiger partial charge in [-0.15, -0.1) is 0 Å². The largest absolute Gasteiger partial charge is 0.492 e. The SMILES string of the molecule is Cc1ccc(C(=O)Nc2ccc(OCCN)cc2)c(F)c1. The summed E-state index contributed by atoms with van der Waals surface area (Å²) in [5, 5.41) is 2.64. The smallest absolute Gasteiger partial charge is 0.258 e. The molecule has 3 N–H and O–H groups in total. The lowest BCUT2D eigenvalue weighted by Crippen LogP contribution is -2.14. The molecule has 0 bridgehead atoms. The number of nitrogens with two attached hydrogens (primary N) is 1. The summed E-state index contributed by atoms with van der Waals surface area (Å²) >= 11 is 0. The molecule has 0 saturated heterocycles. The molecule has 0 unspecified atom stereocenters. The summed E-state index contributed by atoms with van der Waals surface area (Å²) in [4.78, 5) is 12.0. The third kappa shape index (κ3) is 4.03. The molecule has 5 heteroatoms. The average molecular weight is 288 g/mol. The first kappa shape index (κ1) is 15.0. The summed E-state index contributed by atoms with van der Waals surface area (Å²) in [6, 6.07) is 11.3. The van der Waals surface area contributed by atoms with Crippen molar-refractivity contribution in [1.82, 2.24) is 0 Å². The Balaban J connectivity index is 2.05. The van der Waals surface area contributed by atoms with Crippen LogP contribution in [0.25, 0.3) is 0 Å². The van der Waals surface area contributed by atoms with E-state index in [-0.39, 0.29) is 5.56 Å². The zero-order valence-corrected chi connectivity index (χ0v) is 11.7. The van der Waals surface area contributed by atoms with Gasteiger partial charge in [-0.25, -0.2) is 4.39 Å². The molecule has 2 aromatic rings. The Labute approximate surface area is 122 Å². The van der Waals surface area contributed by atoms with E-state index in [0.29, 0.717) is 24.6 Å². The second kappa shape index (κ2) is 6.85. The summed E-state index contributed by atoms with van der Waals surface area (Å²) in [6.07, 6.45) is 0. The molecule has 0 radical (unpaired) electrons. The van der Waals surface area contributed by atoms with Crippen LogP contribution in [0.2, 0.25) is 0 Å². The maximum absolute atomic E-state index is 13.7. The number of anilines is 1. The van der Waals surface area contributed by atoms with Crippen molar-refractivity contribution in [3.05, 3.63) is 59.4 Å². The quantitative estimate of drug-likeness (QED) is 0.889. The number of benzene rings is 2. The Hall–Kier alpha value is -2.40. The number of aryl methyl sites for hydroxylation is 1. The van der Waals surface area contributed by atoms with Crippen LogP contribution in [0, 0.1) is 12.7 Å². The first-order valence-corrected chi connectivity index (χ1v) is 6.60. The molecule has 0 atom stereocenters. The fraction of sp³-hybridized carbons (Fsp3) is 0.188. The summed E-state index contributed by atoms with van der Waals surface area (Å²) < 4.78 is 19.0. The second-order valence-corrected chi connectivity index (χ2v) is 4.60. The molecular weight excluding hydrogens is 271 g/mol. The normalized spacial score (nSPS) is 10.2. The van der Waals surface area contributed by atoms with Crippen molar-refractivity contribution in [2.24, 2.45) is 5.73 Å². The van der Waals surface area contributed by atoms with Crippen molar-refractivity contribution in [1.29, 1.82) is 0 Å². The van der Waals surface area contributed by atoms with Crippen LogP contribution in [-0.4, -0.2) is 19.1 Å². The van der Waals surface area contributed by atoms with Gasteiger partial charge in [0, 0.05) is 12.2 Å². The predicted octanol–water partition coefficient (Wildman–Crippen LogP) is 2.72. The van der Waals surface area contributed by atoms with Crippen LogP contribution in [0.4, 0.5) is 10.1 Å². The standard InChI is InChI=1S/C16H17FN2O2/c1-11-2-7-14(15(17)10-11)16(20)19-12-3-5-13(6-4-12)21-9-8-18/h2-7,10H,8-9,18H2,1H3,(H,19,20). The predicted molar refractivity (Wildman–Crippen MR) is 80.1 cm³/mol. The number of hydrogen-bond acceptors (Lipinski definition) is 3. The first-order valence-electron chi connectivity index (χ1n) is 6.60. The number of halogens is 1. The van der Waals surface area contributed by atoms with E-state index in [1.165, 1.54) is 12.1 Å². The number of carbonyl (C=O) groups is 1. The maximum Gasteiger partial charge on any atom is 0.258 e. The number of hydrogen-bond donors (Lipinski definition) is 2. The molecule has 0 heterocycles. The zero-order valence-electron chi connectivity index (χ0n) is 11.7. The van der Waals surface area contributed by atoms with Crippen molar-refractivity contribution >= 4 is 11.6 Å². The first-order chi connectivity index (χ1) is 10.1. The van der Waals surface area contributed by atoms with E-state index in [1.54, 1.807) is 37.3 Å². The van der Waals surface area contributed by atoms with Gasteiger partial charge in [0.1, 0.15) is 18.2 Å². The van der Waals surface area contributed by atoms with Gasteiger partial charge in [0.2, 0.25) is 0 Å². The zero-order chi connectivity index (χ0) is 15.2. The second-order valence-electron chi connectivity index (χ2n) is 4.60. The molecule has 0 fully saturated rings.